The molecule has 0 saturated heterocycles. The van der Waals surface area contributed by atoms with Crippen LogP contribution in [0.15, 0.2) is 42.5 Å². The molecule has 0 aliphatic rings. The van der Waals surface area contributed by atoms with Crippen LogP contribution in [-0.4, -0.2) is 11.9 Å². The number of nitrogens with one attached hydrogen (secondary N) is 1. The normalized spacial score (nSPS) is 11.5. The van der Waals surface area contributed by atoms with Crippen molar-refractivity contribution in [2.45, 2.75) is 39.8 Å². The van der Waals surface area contributed by atoms with Crippen molar-refractivity contribution in [3.05, 3.63) is 70.3 Å². The highest BCUT2D eigenvalue weighted by atomic mass is 35.5. The SMILES string of the molecule is Cc1cc(C)cc(CC(C)NC(=O)c2ccc(CN)cc2)c1.Cl. The topological polar surface area (TPSA) is 55.1 Å². The summed E-state index contributed by atoms with van der Waals surface area (Å²) < 4.78 is 0. The first kappa shape index (κ1) is 19.2. The lowest BCUT2D eigenvalue weighted by molar-refractivity contribution is 0.0940. The number of nitrogens with two attached hydrogens (primary N) is 1. The average Bonchev–Trinajstić information content (AvgIpc) is 2.46. The van der Waals surface area contributed by atoms with Crippen LogP contribution < -0.4 is 11.1 Å². The summed E-state index contributed by atoms with van der Waals surface area (Å²) >= 11 is 0. The van der Waals surface area contributed by atoms with Gasteiger partial charge in [0.15, 0.2) is 0 Å². The molecule has 0 aromatic heterocycles. The van der Waals surface area contributed by atoms with Gasteiger partial charge in [-0.3, -0.25) is 4.79 Å². The van der Waals surface area contributed by atoms with E-state index in [-0.39, 0.29) is 24.4 Å². The van der Waals surface area contributed by atoms with E-state index in [1.807, 2.05) is 31.2 Å². The van der Waals surface area contributed by atoms with E-state index >= 15 is 0 Å². The Morgan fingerprint density at radius 1 is 1.04 bits per heavy atom. The molecule has 124 valence electrons. The highest BCUT2D eigenvalue weighted by Crippen LogP contribution is 2.11. The highest BCUT2D eigenvalue weighted by Gasteiger charge is 2.10. The quantitative estimate of drug-likeness (QED) is 0.879. The van der Waals surface area contributed by atoms with Gasteiger partial charge < -0.3 is 11.1 Å². The van der Waals surface area contributed by atoms with Gasteiger partial charge in [-0.25, -0.2) is 0 Å². The summed E-state index contributed by atoms with van der Waals surface area (Å²) in [4.78, 5) is 12.2. The minimum Gasteiger partial charge on any atom is -0.349 e. The van der Waals surface area contributed by atoms with Crippen molar-refractivity contribution in [3.8, 4) is 0 Å². The lowest BCUT2D eigenvalue weighted by Crippen LogP contribution is -2.34. The number of hydrogen-bond donors (Lipinski definition) is 2. The number of aryl methyl sites for hydroxylation is 2. The minimum atomic E-state index is -0.0413. The molecule has 0 saturated carbocycles. The molecular formula is C19H25ClN2O. The van der Waals surface area contributed by atoms with Crippen molar-refractivity contribution in [1.29, 1.82) is 0 Å². The monoisotopic (exact) mass is 332 g/mol. The van der Waals surface area contributed by atoms with Gasteiger partial charge in [-0.1, -0.05) is 41.5 Å². The van der Waals surface area contributed by atoms with Crippen molar-refractivity contribution in [1.82, 2.24) is 5.32 Å². The summed E-state index contributed by atoms with van der Waals surface area (Å²) in [6.07, 6.45) is 0.829. The number of benzene rings is 2. The van der Waals surface area contributed by atoms with Gasteiger partial charge in [0.1, 0.15) is 0 Å². The predicted octanol–water partition coefficient (Wildman–Crippen LogP) is 3.54. The van der Waals surface area contributed by atoms with Crippen LogP contribution in [-0.2, 0) is 13.0 Å². The van der Waals surface area contributed by atoms with Gasteiger partial charge in [-0.15, -0.1) is 12.4 Å². The van der Waals surface area contributed by atoms with Gasteiger partial charge in [0.25, 0.3) is 5.91 Å². The summed E-state index contributed by atoms with van der Waals surface area (Å²) in [5.41, 5.74) is 11.0. The maximum atomic E-state index is 12.2. The molecule has 0 radical (unpaired) electrons. The van der Waals surface area contributed by atoms with Gasteiger partial charge in [0.05, 0.1) is 0 Å². The molecule has 1 atom stereocenters. The van der Waals surface area contributed by atoms with Crippen LogP contribution in [0.25, 0.3) is 0 Å². The number of amides is 1. The molecule has 2 rings (SSSR count). The molecule has 3 N–H and O–H groups in total. The van der Waals surface area contributed by atoms with Gasteiger partial charge in [-0.05, 0) is 50.5 Å². The molecule has 0 aliphatic carbocycles. The number of carbonyl (C=O) groups is 1. The fourth-order valence-electron chi connectivity index (χ4n) is 2.69. The molecule has 1 unspecified atom stereocenters. The van der Waals surface area contributed by atoms with E-state index in [2.05, 4.69) is 37.4 Å². The third-order valence-electron chi connectivity index (χ3n) is 3.65. The Bertz CT molecular complexity index is 633. The summed E-state index contributed by atoms with van der Waals surface area (Å²) in [5.74, 6) is -0.0413. The van der Waals surface area contributed by atoms with E-state index in [4.69, 9.17) is 5.73 Å². The van der Waals surface area contributed by atoms with Gasteiger partial charge >= 0.3 is 0 Å². The fraction of sp³-hybridized carbons (Fsp3) is 0.316. The zero-order valence-electron chi connectivity index (χ0n) is 13.9. The standard InChI is InChI=1S/C19H24N2O.ClH/c1-13-8-14(2)10-17(9-13)11-15(3)21-19(22)18-6-4-16(12-20)5-7-18;/h4-10,15H,11-12,20H2,1-3H3,(H,21,22);1H. The molecule has 2 aromatic carbocycles. The summed E-state index contributed by atoms with van der Waals surface area (Å²) in [6, 6.07) is 14.0. The second-order valence-corrected chi connectivity index (χ2v) is 5.98. The minimum absolute atomic E-state index is 0. The zero-order valence-corrected chi connectivity index (χ0v) is 14.7. The molecule has 0 heterocycles. The Balaban J connectivity index is 0.00000264. The van der Waals surface area contributed by atoms with Crippen LogP contribution in [0.1, 0.15) is 39.5 Å². The van der Waals surface area contributed by atoms with Gasteiger partial charge in [-0.2, -0.15) is 0 Å². The van der Waals surface area contributed by atoms with Gasteiger partial charge in [0, 0.05) is 18.2 Å². The largest absolute Gasteiger partial charge is 0.349 e. The predicted molar refractivity (Wildman–Crippen MR) is 98.1 cm³/mol. The Morgan fingerprint density at radius 3 is 2.13 bits per heavy atom. The van der Waals surface area contributed by atoms with Crippen LogP contribution in [0, 0.1) is 13.8 Å². The second kappa shape index (κ2) is 8.70. The molecule has 0 aliphatic heterocycles. The summed E-state index contributed by atoms with van der Waals surface area (Å²) in [7, 11) is 0. The van der Waals surface area contributed by atoms with Crippen LogP contribution in [0.3, 0.4) is 0 Å². The first-order valence-electron chi connectivity index (χ1n) is 7.65. The molecule has 4 heteroatoms. The summed E-state index contributed by atoms with van der Waals surface area (Å²) in [5, 5.41) is 3.05. The lowest BCUT2D eigenvalue weighted by Gasteiger charge is -2.15. The molecular weight excluding hydrogens is 308 g/mol. The average molecular weight is 333 g/mol. The Hall–Kier alpha value is -1.84. The first-order valence-corrected chi connectivity index (χ1v) is 7.65. The van der Waals surface area contributed by atoms with Crippen LogP contribution in [0.4, 0.5) is 0 Å². The number of hydrogen-bond acceptors (Lipinski definition) is 2. The van der Waals surface area contributed by atoms with Crippen LogP contribution in [0.2, 0.25) is 0 Å². The lowest BCUT2D eigenvalue weighted by atomic mass is 10.0. The third-order valence-corrected chi connectivity index (χ3v) is 3.65. The van der Waals surface area contributed by atoms with Crippen molar-refractivity contribution in [2.24, 2.45) is 5.73 Å². The number of halogens is 1. The maximum absolute atomic E-state index is 12.2. The van der Waals surface area contributed by atoms with E-state index in [0.717, 1.165) is 12.0 Å². The van der Waals surface area contributed by atoms with Crippen molar-refractivity contribution in [3.63, 3.8) is 0 Å². The van der Waals surface area contributed by atoms with Crippen molar-refractivity contribution < 1.29 is 4.79 Å². The molecule has 0 fully saturated rings. The van der Waals surface area contributed by atoms with E-state index in [1.165, 1.54) is 16.7 Å². The second-order valence-electron chi connectivity index (χ2n) is 5.98. The zero-order chi connectivity index (χ0) is 16.1. The highest BCUT2D eigenvalue weighted by molar-refractivity contribution is 5.94. The van der Waals surface area contributed by atoms with E-state index < -0.39 is 0 Å². The first-order chi connectivity index (χ1) is 10.5. The molecule has 2 aromatic rings. The number of rotatable bonds is 5. The van der Waals surface area contributed by atoms with E-state index in [9.17, 15) is 4.79 Å². The van der Waals surface area contributed by atoms with E-state index in [0.29, 0.717) is 12.1 Å². The molecule has 0 spiro atoms. The maximum Gasteiger partial charge on any atom is 0.251 e. The van der Waals surface area contributed by atoms with E-state index in [1.54, 1.807) is 0 Å². The van der Waals surface area contributed by atoms with Crippen LogP contribution >= 0.6 is 12.4 Å². The Labute approximate surface area is 144 Å². The number of carbonyl (C=O) groups excluding carboxylic acids is 1. The Morgan fingerprint density at radius 2 is 1.61 bits per heavy atom. The Kier molecular flexibility index (Phi) is 7.27. The smallest absolute Gasteiger partial charge is 0.251 e. The molecule has 23 heavy (non-hydrogen) atoms. The third kappa shape index (κ3) is 5.70. The molecule has 1 amide bonds. The van der Waals surface area contributed by atoms with Crippen molar-refractivity contribution in [2.75, 3.05) is 0 Å². The van der Waals surface area contributed by atoms with Gasteiger partial charge in [0.2, 0.25) is 0 Å². The molecule has 0 bridgehead atoms. The fourth-order valence-corrected chi connectivity index (χ4v) is 2.69. The summed E-state index contributed by atoms with van der Waals surface area (Å²) in [6.45, 7) is 6.71. The van der Waals surface area contributed by atoms with Crippen LogP contribution in [0.5, 0.6) is 0 Å². The van der Waals surface area contributed by atoms with Crippen molar-refractivity contribution >= 4 is 18.3 Å². The molecule has 3 nitrogen and oxygen atoms in total.